The molecular formula is C24H31N3O3. The molecule has 1 N–H and O–H groups in total. The summed E-state index contributed by atoms with van der Waals surface area (Å²) < 4.78 is 5.98. The van der Waals surface area contributed by atoms with Crippen LogP contribution in [0.5, 0.6) is 5.75 Å². The number of pyridine rings is 1. The number of hydrogen-bond donors (Lipinski definition) is 1. The predicted molar refractivity (Wildman–Crippen MR) is 116 cm³/mol. The highest BCUT2D eigenvalue weighted by Gasteiger charge is 2.25. The highest BCUT2D eigenvalue weighted by molar-refractivity contribution is 5.95. The van der Waals surface area contributed by atoms with Crippen LogP contribution in [-0.2, 0) is 11.4 Å². The van der Waals surface area contributed by atoms with E-state index in [0.29, 0.717) is 25.3 Å². The molecule has 1 saturated heterocycles. The molecule has 0 atom stereocenters. The number of nitrogens with zero attached hydrogens (tertiary/aromatic N) is 2. The lowest BCUT2D eigenvalue weighted by atomic mass is 10.0. The monoisotopic (exact) mass is 409 g/mol. The fourth-order valence-electron chi connectivity index (χ4n) is 3.83. The van der Waals surface area contributed by atoms with E-state index in [0.717, 1.165) is 35.3 Å². The number of nitrogens with one attached hydrogen (secondary N) is 1. The molecule has 30 heavy (non-hydrogen) atoms. The number of hydrogen-bond acceptors (Lipinski definition) is 4. The smallest absolute Gasteiger partial charge is 0.251 e. The lowest BCUT2D eigenvalue weighted by Gasteiger charge is -2.33. The molecule has 1 aliphatic rings. The molecule has 0 radical (unpaired) electrons. The van der Waals surface area contributed by atoms with Crippen LogP contribution in [0, 0.1) is 19.8 Å². The number of aryl methyl sites for hydroxylation is 2. The normalized spacial score (nSPS) is 14.6. The molecular weight excluding hydrogens is 378 g/mol. The van der Waals surface area contributed by atoms with Gasteiger partial charge in [0.2, 0.25) is 5.91 Å². The maximum Gasteiger partial charge on any atom is 0.251 e. The minimum absolute atomic E-state index is 0.0148. The average molecular weight is 410 g/mol. The van der Waals surface area contributed by atoms with Crippen molar-refractivity contribution in [3.63, 3.8) is 0 Å². The van der Waals surface area contributed by atoms with E-state index < -0.39 is 0 Å². The number of rotatable bonds is 6. The number of carbonyl (C=O) groups is 2. The van der Waals surface area contributed by atoms with Crippen molar-refractivity contribution in [1.29, 1.82) is 0 Å². The summed E-state index contributed by atoms with van der Waals surface area (Å²) in [4.78, 5) is 30.9. The first kappa shape index (κ1) is 21.8. The third-order valence-electron chi connectivity index (χ3n) is 5.46. The first-order valence-corrected chi connectivity index (χ1v) is 10.6. The Bertz CT molecular complexity index is 865. The first-order chi connectivity index (χ1) is 14.3. The van der Waals surface area contributed by atoms with Crippen molar-refractivity contribution in [3.05, 3.63) is 58.9 Å². The van der Waals surface area contributed by atoms with E-state index in [-0.39, 0.29) is 23.8 Å². The topological polar surface area (TPSA) is 71.5 Å². The number of aromatic nitrogens is 1. The Kier molecular flexibility index (Phi) is 7.08. The van der Waals surface area contributed by atoms with Gasteiger partial charge in [0, 0.05) is 48.6 Å². The fourth-order valence-corrected chi connectivity index (χ4v) is 3.83. The van der Waals surface area contributed by atoms with Crippen LogP contribution in [0.4, 0.5) is 0 Å². The molecule has 2 amide bonds. The molecule has 6 nitrogen and oxygen atoms in total. The van der Waals surface area contributed by atoms with Gasteiger partial charge in [0.15, 0.2) is 0 Å². The van der Waals surface area contributed by atoms with E-state index >= 15 is 0 Å². The Hall–Kier alpha value is -2.89. The van der Waals surface area contributed by atoms with Crippen LogP contribution in [0.1, 0.15) is 53.7 Å². The van der Waals surface area contributed by atoms with Gasteiger partial charge in [-0.2, -0.15) is 0 Å². The number of amides is 2. The second-order valence-corrected chi connectivity index (χ2v) is 8.32. The third-order valence-corrected chi connectivity index (χ3v) is 5.46. The van der Waals surface area contributed by atoms with Crippen LogP contribution >= 0.6 is 0 Å². The maximum absolute atomic E-state index is 12.8. The molecule has 1 fully saturated rings. The predicted octanol–water partition coefficient (Wildman–Crippen LogP) is 3.65. The van der Waals surface area contributed by atoms with Crippen LogP contribution < -0.4 is 10.1 Å². The summed E-state index contributed by atoms with van der Waals surface area (Å²) in [5, 5.41) is 3.13. The first-order valence-electron chi connectivity index (χ1n) is 10.6. The van der Waals surface area contributed by atoms with Crippen molar-refractivity contribution in [3.8, 4) is 5.75 Å². The molecule has 160 valence electrons. The summed E-state index contributed by atoms with van der Waals surface area (Å²) in [5.41, 5.74) is 3.50. The molecule has 1 aromatic carbocycles. The van der Waals surface area contributed by atoms with E-state index in [1.807, 2.05) is 56.9 Å². The van der Waals surface area contributed by atoms with Crippen LogP contribution in [0.3, 0.4) is 0 Å². The standard InChI is InChI=1S/C24H31N3O3/c1-16(2)24(29)27-10-7-21(8-11-27)26-23(28)20-12-17(3)22(18(4)13-20)30-15-19-6-5-9-25-14-19/h5-6,9,12-14,16,21H,7-8,10-11,15H2,1-4H3,(H,26,28). The molecule has 1 aliphatic heterocycles. The van der Waals surface area contributed by atoms with Crippen molar-refractivity contribution in [2.45, 2.75) is 53.2 Å². The highest BCUT2D eigenvalue weighted by Crippen LogP contribution is 2.26. The molecule has 2 aromatic rings. The van der Waals surface area contributed by atoms with E-state index in [1.165, 1.54) is 0 Å². The van der Waals surface area contributed by atoms with E-state index in [1.54, 1.807) is 12.4 Å². The van der Waals surface area contributed by atoms with Gasteiger partial charge >= 0.3 is 0 Å². The van der Waals surface area contributed by atoms with Crippen LogP contribution in [0.25, 0.3) is 0 Å². The van der Waals surface area contributed by atoms with E-state index in [4.69, 9.17) is 4.74 Å². The molecule has 0 bridgehead atoms. The van der Waals surface area contributed by atoms with Crippen molar-refractivity contribution >= 4 is 11.8 Å². The number of piperidine rings is 1. The van der Waals surface area contributed by atoms with Crippen molar-refractivity contribution in [2.75, 3.05) is 13.1 Å². The Labute approximate surface area is 178 Å². The van der Waals surface area contributed by atoms with Gasteiger partial charge in [-0.05, 0) is 56.0 Å². The molecule has 1 aromatic heterocycles. The molecule has 0 spiro atoms. The van der Waals surface area contributed by atoms with Crippen LogP contribution in [-0.4, -0.2) is 40.8 Å². The second kappa shape index (κ2) is 9.74. The number of benzene rings is 1. The van der Waals surface area contributed by atoms with Gasteiger partial charge in [-0.25, -0.2) is 0 Å². The SMILES string of the molecule is Cc1cc(C(=O)NC2CCN(C(=O)C(C)C)CC2)cc(C)c1OCc1cccnc1. The molecule has 6 heteroatoms. The highest BCUT2D eigenvalue weighted by atomic mass is 16.5. The molecule has 2 heterocycles. The Morgan fingerprint density at radius 2 is 1.87 bits per heavy atom. The largest absolute Gasteiger partial charge is 0.488 e. The zero-order valence-corrected chi connectivity index (χ0v) is 18.3. The summed E-state index contributed by atoms with van der Waals surface area (Å²) in [6.07, 6.45) is 5.09. The van der Waals surface area contributed by atoms with Gasteiger partial charge in [0.1, 0.15) is 12.4 Å². The summed E-state index contributed by atoms with van der Waals surface area (Å²) in [6, 6.07) is 7.70. The quantitative estimate of drug-likeness (QED) is 0.790. The molecule has 0 saturated carbocycles. The second-order valence-electron chi connectivity index (χ2n) is 8.32. The van der Waals surface area contributed by atoms with Crippen molar-refractivity contribution < 1.29 is 14.3 Å². The number of likely N-dealkylation sites (tertiary alicyclic amines) is 1. The molecule has 0 unspecified atom stereocenters. The fraction of sp³-hybridized carbons (Fsp3) is 0.458. The summed E-state index contributed by atoms with van der Waals surface area (Å²) in [7, 11) is 0. The number of ether oxygens (including phenoxy) is 1. The zero-order chi connectivity index (χ0) is 21.7. The van der Waals surface area contributed by atoms with Gasteiger partial charge in [-0.3, -0.25) is 14.6 Å². The lowest BCUT2D eigenvalue weighted by molar-refractivity contribution is -0.135. The van der Waals surface area contributed by atoms with Crippen LogP contribution in [0.15, 0.2) is 36.7 Å². The lowest BCUT2D eigenvalue weighted by Crippen LogP contribution is -2.47. The van der Waals surface area contributed by atoms with Gasteiger partial charge in [0.05, 0.1) is 0 Å². The minimum atomic E-state index is -0.0753. The van der Waals surface area contributed by atoms with E-state index in [2.05, 4.69) is 10.3 Å². The summed E-state index contributed by atoms with van der Waals surface area (Å²) in [6.45, 7) is 9.59. The number of carbonyl (C=O) groups excluding carboxylic acids is 2. The van der Waals surface area contributed by atoms with Crippen molar-refractivity contribution in [2.24, 2.45) is 5.92 Å². The Balaban J connectivity index is 1.58. The molecule has 3 rings (SSSR count). The van der Waals surface area contributed by atoms with Gasteiger partial charge in [0.25, 0.3) is 5.91 Å². The Morgan fingerprint density at radius 3 is 2.43 bits per heavy atom. The maximum atomic E-state index is 12.8. The van der Waals surface area contributed by atoms with Crippen molar-refractivity contribution in [1.82, 2.24) is 15.2 Å². The Morgan fingerprint density at radius 1 is 1.20 bits per heavy atom. The zero-order valence-electron chi connectivity index (χ0n) is 18.3. The molecule has 0 aliphatic carbocycles. The van der Waals surface area contributed by atoms with Crippen LogP contribution in [0.2, 0.25) is 0 Å². The van der Waals surface area contributed by atoms with Gasteiger partial charge in [-0.15, -0.1) is 0 Å². The van der Waals surface area contributed by atoms with E-state index in [9.17, 15) is 9.59 Å². The van der Waals surface area contributed by atoms with Gasteiger partial charge in [-0.1, -0.05) is 19.9 Å². The third kappa shape index (κ3) is 5.38. The van der Waals surface area contributed by atoms with Gasteiger partial charge < -0.3 is 15.0 Å². The summed E-state index contributed by atoms with van der Waals surface area (Å²) in [5.74, 6) is 0.929. The minimum Gasteiger partial charge on any atom is -0.488 e. The summed E-state index contributed by atoms with van der Waals surface area (Å²) >= 11 is 0. The average Bonchev–Trinajstić information content (AvgIpc) is 2.73.